The summed E-state index contributed by atoms with van der Waals surface area (Å²) in [5.41, 5.74) is 3.93. The number of rotatable bonds is 16. The Morgan fingerprint density at radius 1 is 0.400 bits per heavy atom. The Morgan fingerprint density at radius 2 is 0.709 bits per heavy atom. The van der Waals surface area contributed by atoms with Gasteiger partial charge in [-0.3, -0.25) is 15.0 Å². The molecule has 0 radical (unpaired) electrons. The van der Waals surface area contributed by atoms with Crippen LogP contribution in [0.5, 0.6) is 17.2 Å². The van der Waals surface area contributed by atoms with Crippen LogP contribution in [0.2, 0.25) is 0 Å². The monoisotopic (exact) mass is 769 g/mol. The van der Waals surface area contributed by atoms with E-state index in [1.165, 1.54) is 0 Å². The smallest absolute Gasteiger partial charge is 0.307 e. The van der Waals surface area contributed by atoms with E-state index in [2.05, 4.69) is 15.0 Å². The highest BCUT2D eigenvalue weighted by Crippen LogP contribution is 2.70. The van der Waals surface area contributed by atoms with Gasteiger partial charge in [0.1, 0.15) is 37.1 Å². The van der Waals surface area contributed by atoms with Crippen molar-refractivity contribution in [1.29, 1.82) is 0 Å². The van der Waals surface area contributed by atoms with Crippen LogP contribution in [0.15, 0.2) is 190 Å². The summed E-state index contributed by atoms with van der Waals surface area (Å²) < 4.78 is 53.9. The molecule has 0 saturated carbocycles. The van der Waals surface area contributed by atoms with Gasteiger partial charge in [0.2, 0.25) is 0 Å². The number of pyridine rings is 3. The fourth-order valence-corrected chi connectivity index (χ4v) is 10.9. The van der Waals surface area contributed by atoms with Crippen molar-refractivity contribution < 1.29 is 26.3 Å². The average Bonchev–Trinajstić information content (AvgIpc) is 3.25. The minimum atomic E-state index is -4.33. The van der Waals surface area contributed by atoms with E-state index < -0.39 is 20.4 Å². The first-order valence-electron chi connectivity index (χ1n) is 17.6. The first kappa shape index (κ1) is 37.3. The van der Waals surface area contributed by atoms with E-state index in [4.69, 9.17) is 17.8 Å². The van der Waals surface area contributed by atoms with Crippen molar-refractivity contribution in [3.63, 3.8) is 0 Å². The quantitative estimate of drug-likeness (QED) is 0.0949. The number of nitrogens with zero attached hydrogens (tertiary/aromatic N) is 3. The van der Waals surface area contributed by atoms with Gasteiger partial charge in [0.05, 0.1) is 4.90 Å². The second kappa shape index (κ2) is 17.4. The van der Waals surface area contributed by atoms with Crippen molar-refractivity contribution in [3.8, 4) is 17.2 Å². The lowest BCUT2D eigenvalue weighted by atomic mass is 10.2. The van der Waals surface area contributed by atoms with Crippen molar-refractivity contribution in [1.82, 2.24) is 15.0 Å². The van der Waals surface area contributed by atoms with Crippen molar-refractivity contribution in [3.05, 3.63) is 193 Å². The number of hydrogen-bond acceptors (Lipinski definition) is 9. The fraction of sp³-hybridized carbons (Fsp3) is 0.114. The molecule has 0 aliphatic heterocycles. The van der Waals surface area contributed by atoms with Gasteiger partial charge >= 0.3 is 10.1 Å². The number of hydrogen-bond donors (Lipinski definition) is 0. The zero-order valence-electron chi connectivity index (χ0n) is 30.1. The van der Waals surface area contributed by atoms with Gasteiger partial charge in [-0.15, -0.1) is 0 Å². The molecule has 0 saturated heterocycles. The lowest BCUT2D eigenvalue weighted by Crippen LogP contribution is -2.15. The minimum Gasteiger partial charge on any atom is -0.489 e. The summed E-state index contributed by atoms with van der Waals surface area (Å²) in [6.45, 7) is 3.07. The van der Waals surface area contributed by atoms with E-state index in [9.17, 15) is 8.42 Å². The van der Waals surface area contributed by atoms with Crippen molar-refractivity contribution in [2.75, 3.05) is 0 Å². The molecule has 0 aliphatic carbocycles. The van der Waals surface area contributed by atoms with E-state index in [0.717, 1.165) is 28.7 Å². The summed E-state index contributed by atoms with van der Waals surface area (Å²) in [6.07, 6.45) is 11.1. The lowest BCUT2D eigenvalue weighted by molar-refractivity contribution is 0.306. The Morgan fingerprint density at radius 3 is 1.02 bits per heavy atom. The fourth-order valence-electron chi connectivity index (χ4n) is 5.71. The number of benzene rings is 4. The van der Waals surface area contributed by atoms with Crippen LogP contribution in [0.25, 0.3) is 0 Å². The van der Waals surface area contributed by atoms with E-state index in [0.29, 0.717) is 51.8 Å². The van der Waals surface area contributed by atoms with Crippen molar-refractivity contribution in [2.24, 2.45) is 0 Å². The van der Waals surface area contributed by atoms with Crippen LogP contribution in [0.4, 0.5) is 0 Å². The highest BCUT2D eigenvalue weighted by molar-refractivity contribution is 8.33. The molecule has 0 atom stereocenters. The van der Waals surface area contributed by atoms with E-state index in [1.807, 2.05) is 128 Å². The topological polar surface area (TPSA) is 110 Å². The Hall–Kier alpha value is -6.01. The van der Waals surface area contributed by atoms with Gasteiger partial charge in [-0.1, -0.05) is 19.1 Å². The van der Waals surface area contributed by atoms with Crippen LogP contribution >= 0.6 is 10.3 Å². The second-order valence-corrected chi connectivity index (χ2v) is 16.9. The first-order chi connectivity index (χ1) is 26.9. The van der Waals surface area contributed by atoms with Crippen LogP contribution < -0.4 is 14.2 Å². The van der Waals surface area contributed by atoms with E-state index in [1.54, 1.807) is 49.3 Å². The minimum absolute atomic E-state index is 0.0634. The Bertz CT molecular complexity index is 2160. The first-order valence-corrected chi connectivity index (χ1v) is 20.6. The van der Waals surface area contributed by atoms with Gasteiger partial charge in [0, 0.05) is 51.9 Å². The predicted molar refractivity (Wildman–Crippen MR) is 212 cm³/mol. The lowest BCUT2D eigenvalue weighted by Gasteiger charge is -2.39. The Balaban J connectivity index is 1.30. The van der Waals surface area contributed by atoms with Crippen LogP contribution in [-0.4, -0.2) is 23.4 Å². The molecule has 278 valence electrons. The third-order valence-corrected chi connectivity index (χ3v) is 13.9. The molecule has 0 amide bonds. The van der Waals surface area contributed by atoms with Gasteiger partial charge in [-0.05, 0) is 160 Å². The maximum Gasteiger partial charge on any atom is 0.307 e. The molecule has 11 heteroatoms. The average molecular weight is 770 g/mol. The summed E-state index contributed by atoms with van der Waals surface area (Å²) in [7, 11) is -7.32. The summed E-state index contributed by atoms with van der Waals surface area (Å²) in [6, 6.07) is 40.4. The third-order valence-electron chi connectivity index (χ3n) is 8.74. The van der Waals surface area contributed by atoms with Gasteiger partial charge in [0.15, 0.2) is 0 Å². The van der Waals surface area contributed by atoms with Crippen molar-refractivity contribution in [2.45, 2.75) is 52.7 Å². The highest BCUT2D eigenvalue weighted by atomic mass is 32.3. The molecule has 7 aromatic rings. The molecule has 4 aromatic carbocycles. The number of aryl methyl sites for hydroxylation is 1. The maximum atomic E-state index is 14.5. The SMILES string of the molecule is CCc1ccc(S(=O)(=O)OS(c2ccc(OCc3ccncc3)cc2)(c2ccc(OCc3ccncc3)cc2)c2ccc(OCc3ccncc3)cc2)cc1. The molecule has 0 bridgehead atoms. The molecule has 7 rings (SSSR count). The summed E-state index contributed by atoms with van der Waals surface area (Å²) in [4.78, 5) is 14.2. The van der Waals surface area contributed by atoms with Gasteiger partial charge in [0.25, 0.3) is 0 Å². The zero-order valence-corrected chi connectivity index (χ0v) is 31.7. The Labute approximate surface area is 323 Å². The highest BCUT2D eigenvalue weighted by Gasteiger charge is 2.38. The van der Waals surface area contributed by atoms with Crippen LogP contribution in [-0.2, 0) is 40.0 Å². The second-order valence-electron chi connectivity index (χ2n) is 12.4. The van der Waals surface area contributed by atoms with Crippen LogP contribution in [0, 0.1) is 0 Å². The maximum absolute atomic E-state index is 14.5. The third kappa shape index (κ3) is 9.21. The van der Waals surface area contributed by atoms with Gasteiger partial charge in [-0.2, -0.15) is 8.42 Å². The van der Waals surface area contributed by atoms with Crippen LogP contribution in [0.3, 0.4) is 0 Å². The van der Waals surface area contributed by atoms with Gasteiger partial charge < -0.3 is 14.2 Å². The molecule has 55 heavy (non-hydrogen) atoms. The summed E-state index contributed by atoms with van der Waals surface area (Å²) in [5.74, 6) is 1.85. The molecule has 0 N–H and O–H groups in total. The molecular formula is C44H39N3O6S2. The van der Waals surface area contributed by atoms with Crippen molar-refractivity contribution >= 4 is 20.4 Å². The van der Waals surface area contributed by atoms with Crippen LogP contribution in [0.1, 0.15) is 29.2 Å². The molecule has 0 spiro atoms. The molecule has 0 fully saturated rings. The number of aromatic nitrogens is 3. The van der Waals surface area contributed by atoms with Gasteiger partial charge in [-0.25, -0.2) is 3.63 Å². The predicted octanol–water partition coefficient (Wildman–Crippen LogP) is 9.77. The van der Waals surface area contributed by atoms with E-state index in [-0.39, 0.29) is 4.90 Å². The molecule has 3 aromatic heterocycles. The standard InChI is InChI=1S/C44H39N3O6S2/c1-2-34-3-11-44(12-4-34)55(48,49)53-54(41-13-5-38(6-14-41)50-31-35-19-25-45-26-20-35,42-15-7-39(8-16-42)51-32-36-21-27-46-28-22-36)43-17-9-40(10-18-43)52-33-37-23-29-47-30-24-37/h3-30H,2,31-33H2,1H3. The molecule has 0 aliphatic rings. The Kier molecular flexibility index (Phi) is 11.8. The summed E-state index contributed by atoms with van der Waals surface area (Å²) in [5, 5.41) is 0. The zero-order chi connectivity index (χ0) is 37.9. The summed E-state index contributed by atoms with van der Waals surface area (Å²) >= 11 is 0. The molecule has 3 heterocycles. The largest absolute Gasteiger partial charge is 0.489 e. The molecular weight excluding hydrogens is 731 g/mol. The molecule has 0 unspecified atom stereocenters. The molecule has 9 nitrogen and oxygen atoms in total. The normalized spacial score (nSPS) is 11.8. The number of ether oxygens (including phenoxy) is 3. The van der Waals surface area contributed by atoms with E-state index >= 15 is 0 Å².